The molecule has 0 bridgehead atoms. The molecular weight excluding hydrogens is 356 g/mol. The number of halogens is 1. The number of hydrogen-bond donors (Lipinski definition) is 1. The molecule has 0 aromatic heterocycles. The summed E-state index contributed by atoms with van der Waals surface area (Å²) in [6.07, 6.45) is 0.847. The number of rotatable bonds is 3. The predicted octanol–water partition coefficient (Wildman–Crippen LogP) is 3.16. The molecule has 1 atom stereocenters. The number of carbonyl (C=O) groups is 2. The van der Waals surface area contributed by atoms with Gasteiger partial charge in [-0.15, -0.1) is 0 Å². The van der Waals surface area contributed by atoms with Gasteiger partial charge in [-0.2, -0.15) is 0 Å². The molecule has 3 rings (SSSR count). The number of benzene rings is 2. The number of fused-ring (bicyclic) bond motifs is 1. The first kappa shape index (κ1) is 15.7. The Bertz CT molecular complexity index is 760. The minimum Gasteiger partial charge on any atom is -0.343 e. The third-order valence-electron chi connectivity index (χ3n) is 3.99. The van der Waals surface area contributed by atoms with Crippen LogP contribution >= 0.6 is 15.9 Å². The van der Waals surface area contributed by atoms with Gasteiger partial charge in [-0.1, -0.05) is 30.3 Å². The van der Waals surface area contributed by atoms with Crippen molar-refractivity contribution in [3.63, 3.8) is 0 Å². The van der Waals surface area contributed by atoms with Gasteiger partial charge in [-0.3, -0.25) is 9.59 Å². The fourth-order valence-electron chi connectivity index (χ4n) is 2.93. The van der Waals surface area contributed by atoms with Crippen molar-refractivity contribution in [2.45, 2.75) is 19.4 Å². The fraction of sp³-hybridized carbons (Fsp3) is 0.222. The molecule has 1 aliphatic rings. The second-order valence-electron chi connectivity index (χ2n) is 5.61. The van der Waals surface area contributed by atoms with Gasteiger partial charge in [0, 0.05) is 16.2 Å². The molecule has 23 heavy (non-hydrogen) atoms. The van der Waals surface area contributed by atoms with Crippen molar-refractivity contribution in [3.8, 4) is 0 Å². The highest BCUT2D eigenvalue weighted by atomic mass is 79.9. The van der Waals surface area contributed by atoms with E-state index in [9.17, 15) is 9.59 Å². The molecule has 0 spiro atoms. The number of hydrogen-bond acceptors (Lipinski definition) is 2. The van der Waals surface area contributed by atoms with Crippen molar-refractivity contribution < 1.29 is 9.59 Å². The molecule has 0 saturated heterocycles. The van der Waals surface area contributed by atoms with Crippen molar-refractivity contribution in [1.82, 2.24) is 5.32 Å². The van der Waals surface area contributed by atoms with Crippen LogP contribution in [0.4, 0.5) is 5.69 Å². The van der Waals surface area contributed by atoms with E-state index in [1.54, 1.807) is 23.1 Å². The first-order valence-corrected chi connectivity index (χ1v) is 8.30. The van der Waals surface area contributed by atoms with Crippen molar-refractivity contribution in [1.29, 1.82) is 0 Å². The molecule has 2 aromatic rings. The molecule has 0 aliphatic carbocycles. The summed E-state index contributed by atoms with van der Waals surface area (Å²) in [4.78, 5) is 26.5. The van der Waals surface area contributed by atoms with Crippen LogP contribution < -0.4 is 10.2 Å². The van der Waals surface area contributed by atoms with Gasteiger partial charge < -0.3 is 10.2 Å². The van der Waals surface area contributed by atoms with Crippen LogP contribution in [-0.4, -0.2) is 24.4 Å². The Balaban J connectivity index is 1.69. The normalized spacial score (nSPS) is 16.1. The zero-order valence-electron chi connectivity index (χ0n) is 12.8. The molecule has 4 nitrogen and oxygen atoms in total. The minimum absolute atomic E-state index is 0.0150. The van der Waals surface area contributed by atoms with Crippen LogP contribution in [0, 0.1) is 0 Å². The number of nitrogens with one attached hydrogen (secondary N) is 1. The molecule has 0 radical (unpaired) electrons. The molecule has 2 aromatic carbocycles. The summed E-state index contributed by atoms with van der Waals surface area (Å²) in [5.41, 5.74) is 2.64. The van der Waals surface area contributed by atoms with E-state index in [2.05, 4.69) is 21.2 Å². The Morgan fingerprint density at radius 1 is 1.17 bits per heavy atom. The van der Waals surface area contributed by atoms with Crippen LogP contribution in [0.5, 0.6) is 0 Å². The number of para-hydroxylation sites is 1. The van der Waals surface area contributed by atoms with Crippen LogP contribution in [0.1, 0.15) is 22.8 Å². The average Bonchev–Trinajstić information content (AvgIpc) is 2.88. The standard InChI is InChI=1S/C18H17BrN2O2/c1-12-10-13-6-2-5-9-16(13)21(12)17(22)11-20-18(23)14-7-3-4-8-15(14)19/h2-9,12H,10-11H2,1H3,(H,20,23). The highest BCUT2D eigenvalue weighted by Gasteiger charge is 2.30. The summed E-state index contributed by atoms with van der Waals surface area (Å²) in [5, 5.41) is 2.71. The maximum absolute atomic E-state index is 12.5. The summed E-state index contributed by atoms with van der Waals surface area (Å²) in [6.45, 7) is 2.01. The molecule has 2 amide bonds. The van der Waals surface area contributed by atoms with Gasteiger partial charge in [0.15, 0.2) is 0 Å². The molecule has 5 heteroatoms. The average molecular weight is 373 g/mol. The number of carbonyl (C=O) groups excluding carboxylic acids is 2. The SMILES string of the molecule is CC1Cc2ccccc2N1C(=O)CNC(=O)c1ccccc1Br. The Kier molecular flexibility index (Phi) is 4.48. The lowest BCUT2D eigenvalue weighted by molar-refractivity contribution is -0.118. The Morgan fingerprint density at radius 2 is 1.87 bits per heavy atom. The Labute approximate surface area is 143 Å². The highest BCUT2D eigenvalue weighted by molar-refractivity contribution is 9.10. The zero-order chi connectivity index (χ0) is 16.4. The van der Waals surface area contributed by atoms with E-state index in [-0.39, 0.29) is 24.4 Å². The van der Waals surface area contributed by atoms with Gasteiger partial charge in [0.25, 0.3) is 5.91 Å². The molecule has 1 N–H and O–H groups in total. The van der Waals surface area contributed by atoms with Crippen molar-refractivity contribution in [2.75, 3.05) is 11.4 Å². The van der Waals surface area contributed by atoms with Crippen molar-refractivity contribution in [3.05, 3.63) is 64.1 Å². The zero-order valence-corrected chi connectivity index (χ0v) is 14.3. The smallest absolute Gasteiger partial charge is 0.252 e. The maximum Gasteiger partial charge on any atom is 0.252 e. The lowest BCUT2D eigenvalue weighted by Crippen LogP contribution is -2.43. The monoisotopic (exact) mass is 372 g/mol. The van der Waals surface area contributed by atoms with Crippen molar-refractivity contribution >= 4 is 33.4 Å². The molecule has 1 aliphatic heterocycles. The van der Waals surface area contributed by atoms with Crippen LogP contribution in [0.15, 0.2) is 53.0 Å². The summed E-state index contributed by atoms with van der Waals surface area (Å²) in [5.74, 6) is -0.353. The van der Waals surface area contributed by atoms with E-state index >= 15 is 0 Å². The number of anilines is 1. The largest absolute Gasteiger partial charge is 0.343 e. The molecular formula is C18H17BrN2O2. The van der Waals surface area contributed by atoms with Gasteiger partial charge in [0.1, 0.15) is 0 Å². The topological polar surface area (TPSA) is 49.4 Å². The van der Waals surface area contributed by atoms with Gasteiger partial charge in [0.05, 0.1) is 12.1 Å². The highest BCUT2D eigenvalue weighted by Crippen LogP contribution is 2.31. The van der Waals surface area contributed by atoms with E-state index in [1.165, 1.54) is 5.56 Å². The van der Waals surface area contributed by atoms with Crippen LogP contribution in [0.2, 0.25) is 0 Å². The van der Waals surface area contributed by atoms with Crippen LogP contribution in [0.25, 0.3) is 0 Å². The lowest BCUT2D eigenvalue weighted by Gasteiger charge is -2.23. The minimum atomic E-state index is -0.258. The Hall–Kier alpha value is -2.14. The van der Waals surface area contributed by atoms with Gasteiger partial charge in [-0.25, -0.2) is 0 Å². The summed E-state index contributed by atoms with van der Waals surface area (Å²) < 4.78 is 0.713. The predicted molar refractivity (Wildman–Crippen MR) is 93.6 cm³/mol. The lowest BCUT2D eigenvalue weighted by atomic mass is 10.1. The number of nitrogens with zero attached hydrogens (tertiary/aromatic N) is 1. The molecule has 118 valence electrons. The quantitative estimate of drug-likeness (QED) is 0.899. The molecule has 1 heterocycles. The third kappa shape index (κ3) is 3.15. The number of amides is 2. The molecule has 0 saturated carbocycles. The molecule has 1 unspecified atom stereocenters. The summed E-state index contributed by atoms with van der Waals surface area (Å²) in [6, 6.07) is 15.2. The Morgan fingerprint density at radius 3 is 2.65 bits per heavy atom. The van der Waals surface area contributed by atoms with Gasteiger partial charge >= 0.3 is 0 Å². The van der Waals surface area contributed by atoms with Gasteiger partial charge in [0.2, 0.25) is 5.91 Å². The third-order valence-corrected chi connectivity index (χ3v) is 4.69. The van der Waals surface area contributed by atoms with Crippen LogP contribution in [-0.2, 0) is 11.2 Å². The first-order valence-electron chi connectivity index (χ1n) is 7.50. The summed E-state index contributed by atoms with van der Waals surface area (Å²) >= 11 is 3.34. The first-order chi connectivity index (χ1) is 11.1. The summed E-state index contributed by atoms with van der Waals surface area (Å²) in [7, 11) is 0. The van der Waals surface area contributed by atoms with E-state index in [4.69, 9.17) is 0 Å². The van der Waals surface area contributed by atoms with Crippen molar-refractivity contribution in [2.24, 2.45) is 0 Å². The second kappa shape index (κ2) is 6.54. The fourth-order valence-corrected chi connectivity index (χ4v) is 3.39. The van der Waals surface area contributed by atoms with Crippen LogP contribution in [0.3, 0.4) is 0 Å². The molecule has 0 fully saturated rings. The van der Waals surface area contributed by atoms with Gasteiger partial charge in [-0.05, 0) is 53.0 Å². The van der Waals surface area contributed by atoms with E-state index in [0.29, 0.717) is 10.0 Å². The van der Waals surface area contributed by atoms with E-state index < -0.39 is 0 Å². The maximum atomic E-state index is 12.5. The second-order valence-corrected chi connectivity index (χ2v) is 6.46. The van der Waals surface area contributed by atoms with E-state index in [1.807, 2.05) is 37.3 Å². The van der Waals surface area contributed by atoms with E-state index in [0.717, 1.165) is 12.1 Å².